The Hall–Kier alpha value is -3.28. The van der Waals surface area contributed by atoms with Gasteiger partial charge in [0.2, 0.25) is 0 Å². The number of aliphatic hydroxyl groups excluding tert-OH is 2. The van der Waals surface area contributed by atoms with E-state index in [2.05, 4.69) is 31.1 Å². The first kappa shape index (κ1) is 36.6. The monoisotopic (exact) mass is 422 g/mol. The summed E-state index contributed by atoms with van der Waals surface area (Å²) in [6.45, 7) is 15.8. The summed E-state index contributed by atoms with van der Waals surface area (Å²) in [5, 5.41) is 47.2. The molecule has 0 aliphatic rings. The van der Waals surface area contributed by atoms with Crippen molar-refractivity contribution >= 4 is 23.9 Å². The molecule has 0 radical (unpaired) electrons. The first-order valence-corrected chi connectivity index (χ1v) is 7.52. The van der Waals surface area contributed by atoms with Crippen LogP contribution in [0.1, 0.15) is 13.8 Å². The van der Waals surface area contributed by atoms with E-state index in [4.69, 9.17) is 30.6 Å². The van der Waals surface area contributed by atoms with Crippen LogP contribution in [0.2, 0.25) is 0 Å². The van der Waals surface area contributed by atoms with Crippen LogP contribution in [0.25, 0.3) is 0 Å². The highest BCUT2D eigenvalue weighted by Crippen LogP contribution is 1.81. The maximum Gasteiger partial charge on any atom is 0.330 e. The molecule has 0 saturated heterocycles. The van der Waals surface area contributed by atoms with Crippen LogP contribution in [0, 0.1) is 0 Å². The van der Waals surface area contributed by atoms with Crippen molar-refractivity contribution in [3.05, 3.63) is 49.6 Å². The Bertz CT molecular complexity index is 452. The molecule has 0 rings (SSSR count). The van der Waals surface area contributed by atoms with Gasteiger partial charge in [-0.3, -0.25) is 0 Å². The average molecular weight is 422 g/mol. The molecule has 0 spiro atoms. The van der Waals surface area contributed by atoms with Crippen LogP contribution in [0.3, 0.4) is 0 Å². The number of carboxylic acid groups (broad SMARTS) is 4. The number of carbonyl (C=O) groups is 4. The summed E-state index contributed by atoms with van der Waals surface area (Å²) in [7, 11) is 0. The van der Waals surface area contributed by atoms with Gasteiger partial charge in [0.05, 0.1) is 26.4 Å². The Kier molecular flexibility index (Phi) is 37.2. The standard InChI is InChI=1S/C4H10O3.2C4H6O2.2C3H4O2/c5-1-3-7-4-2-6;2*1-3(2)4(5)6;2*1-2-3(4)5/h5-6H,1-4H2;2*1H2,2H3,(H,5,6);2*2H,1H2,(H,4,5). The van der Waals surface area contributed by atoms with Crippen molar-refractivity contribution in [1.82, 2.24) is 0 Å². The number of aliphatic carboxylic acids is 4. The van der Waals surface area contributed by atoms with Gasteiger partial charge in [-0.2, -0.15) is 0 Å². The third-order valence-electron chi connectivity index (χ3n) is 1.55. The van der Waals surface area contributed by atoms with Crippen LogP contribution < -0.4 is 0 Å². The van der Waals surface area contributed by atoms with E-state index in [-0.39, 0.29) is 24.4 Å². The minimum absolute atomic E-state index is 0.0278. The molecule has 0 amide bonds. The first-order valence-electron chi connectivity index (χ1n) is 7.52. The van der Waals surface area contributed by atoms with Gasteiger partial charge >= 0.3 is 23.9 Å². The van der Waals surface area contributed by atoms with Gasteiger partial charge in [-0.1, -0.05) is 26.3 Å². The molecule has 0 heterocycles. The molecule has 0 aromatic carbocycles. The lowest BCUT2D eigenvalue weighted by molar-refractivity contribution is -0.133. The molecule has 11 heteroatoms. The molecule has 6 N–H and O–H groups in total. The number of rotatable bonds is 8. The van der Waals surface area contributed by atoms with Crippen LogP contribution >= 0.6 is 0 Å². The molecule has 0 bridgehead atoms. The fraction of sp³-hybridized carbons (Fsp3) is 0.333. The fourth-order valence-corrected chi connectivity index (χ4v) is 0.231. The Balaban J connectivity index is -0.0000000833. The minimum atomic E-state index is -0.981. The maximum atomic E-state index is 9.60. The molecule has 29 heavy (non-hydrogen) atoms. The normalized spacial score (nSPS) is 7.59. The topological polar surface area (TPSA) is 199 Å². The van der Waals surface area contributed by atoms with Crippen LogP contribution in [0.5, 0.6) is 0 Å². The summed E-state index contributed by atoms with van der Waals surface area (Å²) < 4.78 is 4.63. The van der Waals surface area contributed by atoms with E-state index in [0.29, 0.717) is 13.2 Å². The van der Waals surface area contributed by atoms with Crippen LogP contribution in [0.4, 0.5) is 0 Å². The second-order valence-corrected chi connectivity index (χ2v) is 4.32. The maximum absolute atomic E-state index is 9.60. The molecule has 0 aromatic heterocycles. The quantitative estimate of drug-likeness (QED) is 0.239. The van der Waals surface area contributed by atoms with Gasteiger partial charge in [-0.15, -0.1) is 0 Å². The fourth-order valence-electron chi connectivity index (χ4n) is 0.231. The first-order chi connectivity index (χ1) is 13.2. The average Bonchev–Trinajstić information content (AvgIpc) is 2.63. The highest BCUT2D eigenvalue weighted by molar-refractivity contribution is 5.85. The van der Waals surface area contributed by atoms with Crippen molar-refractivity contribution < 1.29 is 54.6 Å². The van der Waals surface area contributed by atoms with Crippen molar-refractivity contribution in [2.45, 2.75) is 13.8 Å². The molecule has 11 nitrogen and oxygen atoms in total. The summed E-state index contributed by atoms with van der Waals surface area (Å²) in [5.41, 5.74) is 0.352. The lowest BCUT2D eigenvalue weighted by atomic mass is 10.4. The number of hydrogen-bond donors (Lipinski definition) is 6. The molecule has 168 valence electrons. The number of ether oxygens (including phenoxy) is 1. The highest BCUT2D eigenvalue weighted by atomic mass is 16.5. The molecule has 0 aliphatic heterocycles. The molecule has 0 aliphatic carbocycles. The van der Waals surface area contributed by atoms with Gasteiger partial charge in [0.15, 0.2) is 0 Å². The Labute approximate surface area is 169 Å². The van der Waals surface area contributed by atoms with Gasteiger partial charge in [0.25, 0.3) is 0 Å². The third-order valence-corrected chi connectivity index (χ3v) is 1.55. The summed E-state index contributed by atoms with van der Waals surface area (Å²) in [6, 6.07) is 0. The number of carboxylic acids is 4. The van der Waals surface area contributed by atoms with Crippen LogP contribution in [-0.2, 0) is 23.9 Å². The second kappa shape index (κ2) is 29.5. The highest BCUT2D eigenvalue weighted by Gasteiger charge is 1.90. The summed E-state index contributed by atoms with van der Waals surface area (Å²) >= 11 is 0. The molecular formula is C18H30O11. The lowest BCUT2D eigenvalue weighted by Crippen LogP contribution is -2.03. The predicted octanol–water partition coefficient (Wildman–Crippen LogP) is 0.796. The van der Waals surface area contributed by atoms with E-state index >= 15 is 0 Å². The Morgan fingerprint density at radius 1 is 0.724 bits per heavy atom. The number of hydrogen-bond acceptors (Lipinski definition) is 7. The zero-order valence-corrected chi connectivity index (χ0v) is 16.5. The molecule has 0 saturated carbocycles. The van der Waals surface area contributed by atoms with Gasteiger partial charge in [0.1, 0.15) is 0 Å². The third kappa shape index (κ3) is 78.9. The zero-order valence-electron chi connectivity index (χ0n) is 16.5. The molecule has 0 atom stereocenters. The van der Waals surface area contributed by atoms with Crippen LogP contribution in [-0.4, -0.2) is 80.9 Å². The van der Waals surface area contributed by atoms with E-state index in [9.17, 15) is 19.2 Å². The van der Waals surface area contributed by atoms with E-state index < -0.39 is 23.9 Å². The second-order valence-electron chi connectivity index (χ2n) is 4.32. The van der Waals surface area contributed by atoms with E-state index in [1.54, 1.807) is 0 Å². The lowest BCUT2D eigenvalue weighted by Gasteiger charge is -1.94. The van der Waals surface area contributed by atoms with Crippen molar-refractivity contribution in [3.63, 3.8) is 0 Å². The van der Waals surface area contributed by atoms with E-state index in [1.807, 2.05) is 0 Å². The van der Waals surface area contributed by atoms with Gasteiger partial charge < -0.3 is 35.4 Å². The minimum Gasteiger partial charge on any atom is -0.478 e. The zero-order chi connectivity index (χ0) is 24.4. The predicted molar refractivity (Wildman–Crippen MR) is 106 cm³/mol. The molecule has 0 aromatic rings. The molecule has 0 fully saturated rings. The van der Waals surface area contributed by atoms with Crippen molar-refractivity contribution in [2.75, 3.05) is 26.4 Å². The summed E-state index contributed by atoms with van der Waals surface area (Å²) in [4.78, 5) is 37.7. The van der Waals surface area contributed by atoms with Crippen molar-refractivity contribution in [1.29, 1.82) is 0 Å². The van der Waals surface area contributed by atoms with Gasteiger partial charge in [-0.25, -0.2) is 19.2 Å². The summed E-state index contributed by atoms with van der Waals surface area (Å²) in [6.07, 6.45) is 1.67. The van der Waals surface area contributed by atoms with Crippen molar-refractivity contribution in [3.8, 4) is 0 Å². The Morgan fingerprint density at radius 3 is 0.966 bits per heavy atom. The largest absolute Gasteiger partial charge is 0.478 e. The van der Waals surface area contributed by atoms with Crippen molar-refractivity contribution in [2.24, 2.45) is 0 Å². The van der Waals surface area contributed by atoms with Crippen LogP contribution in [0.15, 0.2) is 49.6 Å². The SMILES string of the molecule is C=C(C)C(=O)O.C=C(C)C(=O)O.C=CC(=O)O.C=CC(=O)O.OCCOCCO. The van der Waals surface area contributed by atoms with Gasteiger partial charge in [0, 0.05) is 23.3 Å². The van der Waals surface area contributed by atoms with Gasteiger partial charge in [-0.05, 0) is 13.8 Å². The smallest absolute Gasteiger partial charge is 0.330 e. The van der Waals surface area contributed by atoms with E-state index in [1.165, 1.54) is 13.8 Å². The Morgan fingerprint density at radius 2 is 0.897 bits per heavy atom. The molecular weight excluding hydrogens is 392 g/mol. The summed E-state index contributed by atoms with van der Waals surface area (Å²) in [5.74, 6) is -3.83. The number of aliphatic hydroxyl groups is 2. The van der Waals surface area contributed by atoms with E-state index in [0.717, 1.165) is 12.2 Å². The molecule has 0 unspecified atom stereocenters.